The van der Waals surface area contributed by atoms with Gasteiger partial charge in [-0.15, -0.1) is 0 Å². The molecule has 1 fully saturated rings. The summed E-state index contributed by atoms with van der Waals surface area (Å²) in [5.74, 6) is 1.03. The monoisotopic (exact) mass is 317 g/mol. The highest BCUT2D eigenvalue weighted by atomic mass is 16.3. The van der Waals surface area contributed by atoms with Gasteiger partial charge < -0.3 is 8.98 Å². The van der Waals surface area contributed by atoms with Crippen molar-refractivity contribution in [3.05, 3.63) is 48.4 Å². The molecule has 0 radical (unpaired) electrons. The average molecular weight is 317 g/mol. The molecule has 0 N–H and O–H groups in total. The highest BCUT2D eigenvalue weighted by Crippen LogP contribution is 2.39. The largest absolute Gasteiger partial charge is 0.443 e. The van der Waals surface area contributed by atoms with E-state index in [1.54, 1.807) is 0 Å². The zero-order valence-corrected chi connectivity index (χ0v) is 13.7. The molecule has 0 spiro atoms. The Balaban J connectivity index is 1.87. The Hall–Kier alpha value is -2.62. The van der Waals surface area contributed by atoms with Crippen LogP contribution in [0.2, 0.25) is 0 Å². The molecule has 4 aromatic rings. The quantitative estimate of drug-likeness (QED) is 0.506. The van der Waals surface area contributed by atoms with Gasteiger partial charge in [-0.05, 0) is 43.5 Å². The lowest BCUT2D eigenvalue weighted by atomic mass is 10.1. The number of benzene rings is 2. The smallest absolute Gasteiger partial charge is 0.182 e. The summed E-state index contributed by atoms with van der Waals surface area (Å²) in [5.41, 5.74) is 6.29. The number of oxazole rings is 1. The van der Waals surface area contributed by atoms with E-state index in [9.17, 15) is 0 Å². The first-order valence-corrected chi connectivity index (χ1v) is 8.63. The standard InChI is InChI=1S/C20H19N3O/c1-13-10-11-17-19(21-12-24-17)18(13)20-22-15-8-4-5-9-16(15)23(20)14-6-2-3-7-14/h4-5,8-12,14H,2-3,6-7H2,1H3. The van der Waals surface area contributed by atoms with Gasteiger partial charge in [0.1, 0.15) is 11.3 Å². The molecule has 5 rings (SSSR count). The molecule has 0 unspecified atom stereocenters. The van der Waals surface area contributed by atoms with Crippen molar-refractivity contribution in [1.82, 2.24) is 14.5 Å². The van der Waals surface area contributed by atoms with E-state index in [-0.39, 0.29) is 0 Å². The van der Waals surface area contributed by atoms with Gasteiger partial charge in [0, 0.05) is 6.04 Å². The van der Waals surface area contributed by atoms with Crippen molar-refractivity contribution in [2.45, 2.75) is 38.6 Å². The van der Waals surface area contributed by atoms with E-state index in [2.05, 4.69) is 46.8 Å². The summed E-state index contributed by atoms with van der Waals surface area (Å²) in [6.45, 7) is 2.13. The number of imidazole rings is 1. The Bertz CT molecular complexity index is 1040. The Labute approximate surface area is 140 Å². The molecule has 4 nitrogen and oxygen atoms in total. The Morgan fingerprint density at radius 3 is 2.79 bits per heavy atom. The minimum Gasteiger partial charge on any atom is -0.443 e. The lowest BCUT2D eigenvalue weighted by Crippen LogP contribution is -2.07. The zero-order chi connectivity index (χ0) is 16.1. The lowest BCUT2D eigenvalue weighted by Gasteiger charge is -2.17. The van der Waals surface area contributed by atoms with Crippen LogP contribution in [0.4, 0.5) is 0 Å². The fourth-order valence-electron chi connectivity index (χ4n) is 4.07. The summed E-state index contributed by atoms with van der Waals surface area (Å²) in [4.78, 5) is 9.47. The summed E-state index contributed by atoms with van der Waals surface area (Å²) < 4.78 is 7.97. The van der Waals surface area contributed by atoms with Gasteiger partial charge in [-0.25, -0.2) is 9.97 Å². The molecule has 0 saturated heterocycles. The minimum atomic E-state index is 0.522. The van der Waals surface area contributed by atoms with Crippen molar-refractivity contribution >= 4 is 22.1 Å². The second-order valence-corrected chi connectivity index (χ2v) is 6.69. The van der Waals surface area contributed by atoms with Crippen molar-refractivity contribution < 1.29 is 4.42 Å². The van der Waals surface area contributed by atoms with Crippen LogP contribution in [0.1, 0.15) is 37.3 Å². The zero-order valence-electron chi connectivity index (χ0n) is 13.7. The molecule has 1 aliphatic rings. The van der Waals surface area contributed by atoms with Crippen LogP contribution in [0.25, 0.3) is 33.5 Å². The molecule has 0 atom stereocenters. The van der Waals surface area contributed by atoms with E-state index in [4.69, 9.17) is 9.40 Å². The van der Waals surface area contributed by atoms with Gasteiger partial charge >= 0.3 is 0 Å². The molecular weight excluding hydrogens is 298 g/mol. The van der Waals surface area contributed by atoms with Crippen LogP contribution in [-0.2, 0) is 0 Å². The van der Waals surface area contributed by atoms with Gasteiger partial charge in [-0.1, -0.05) is 31.0 Å². The number of aromatic nitrogens is 3. The molecular formula is C20H19N3O. The summed E-state index contributed by atoms with van der Waals surface area (Å²) in [5, 5.41) is 0. The molecule has 0 amide bonds. The molecule has 1 saturated carbocycles. The third kappa shape index (κ3) is 1.92. The topological polar surface area (TPSA) is 43.9 Å². The van der Waals surface area contributed by atoms with Gasteiger partial charge in [-0.3, -0.25) is 0 Å². The van der Waals surface area contributed by atoms with Crippen LogP contribution in [0.3, 0.4) is 0 Å². The van der Waals surface area contributed by atoms with Crippen LogP contribution in [0.15, 0.2) is 47.2 Å². The van der Waals surface area contributed by atoms with Crippen molar-refractivity contribution in [3.63, 3.8) is 0 Å². The number of para-hydroxylation sites is 2. The molecule has 2 heterocycles. The number of rotatable bonds is 2. The molecule has 2 aromatic carbocycles. The van der Waals surface area contributed by atoms with Crippen LogP contribution >= 0.6 is 0 Å². The maximum absolute atomic E-state index is 5.53. The number of nitrogens with zero attached hydrogens (tertiary/aromatic N) is 3. The maximum Gasteiger partial charge on any atom is 0.182 e. The second kappa shape index (κ2) is 5.20. The summed E-state index contributed by atoms with van der Waals surface area (Å²) in [6, 6.07) is 13.1. The maximum atomic E-state index is 5.53. The molecule has 4 heteroatoms. The summed E-state index contributed by atoms with van der Waals surface area (Å²) >= 11 is 0. The van der Waals surface area contributed by atoms with Crippen LogP contribution in [0, 0.1) is 6.92 Å². The number of aryl methyl sites for hydroxylation is 1. The molecule has 0 aliphatic heterocycles. The third-order valence-electron chi connectivity index (χ3n) is 5.22. The van der Waals surface area contributed by atoms with E-state index in [1.165, 1.54) is 43.2 Å². The first kappa shape index (κ1) is 13.8. The van der Waals surface area contributed by atoms with Crippen LogP contribution in [-0.4, -0.2) is 14.5 Å². The van der Waals surface area contributed by atoms with Gasteiger partial charge in [0.2, 0.25) is 0 Å². The Kier molecular flexibility index (Phi) is 2.98. The fraction of sp³-hybridized carbons (Fsp3) is 0.300. The normalized spacial score (nSPS) is 15.7. The first-order valence-electron chi connectivity index (χ1n) is 8.63. The average Bonchev–Trinajstić information content (AvgIpc) is 3.33. The molecule has 24 heavy (non-hydrogen) atoms. The fourth-order valence-corrected chi connectivity index (χ4v) is 4.07. The van der Waals surface area contributed by atoms with Gasteiger partial charge in [0.05, 0.1) is 16.6 Å². The molecule has 0 bridgehead atoms. The Morgan fingerprint density at radius 2 is 1.92 bits per heavy atom. The van der Waals surface area contributed by atoms with E-state index >= 15 is 0 Å². The number of hydrogen-bond donors (Lipinski definition) is 0. The lowest BCUT2D eigenvalue weighted by molar-refractivity contribution is 0.537. The van der Waals surface area contributed by atoms with Crippen LogP contribution < -0.4 is 0 Å². The number of hydrogen-bond acceptors (Lipinski definition) is 3. The van der Waals surface area contributed by atoms with Crippen molar-refractivity contribution in [1.29, 1.82) is 0 Å². The van der Waals surface area contributed by atoms with E-state index in [0.717, 1.165) is 28.0 Å². The SMILES string of the molecule is Cc1ccc2ocnc2c1-c1nc2ccccc2n1C1CCCC1. The molecule has 2 aromatic heterocycles. The highest BCUT2D eigenvalue weighted by Gasteiger charge is 2.25. The third-order valence-corrected chi connectivity index (χ3v) is 5.22. The Morgan fingerprint density at radius 1 is 1.08 bits per heavy atom. The van der Waals surface area contributed by atoms with Crippen molar-refractivity contribution in [2.24, 2.45) is 0 Å². The predicted molar refractivity (Wildman–Crippen MR) is 95.0 cm³/mol. The number of fused-ring (bicyclic) bond motifs is 2. The van der Waals surface area contributed by atoms with Gasteiger partial charge in [0.15, 0.2) is 12.0 Å². The highest BCUT2D eigenvalue weighted by molar-refractivity contribution is 5.93. The predicted octanol–water partition coefficient (Wildman–Crippen LogP) is 5.27. The first-order chi connectivity index (χ1) is 11.8. The van der Waals surface area contributed by atoms with Gasteiger partial charge in [-0.2, -0.15) is 0 Å². The van der Waals surface area contributed by atoms with Crippen molar-refractivity contribution in [3.8, 4) is 11.4 Å². The van der Waals surface area contributed by atoms with Crippen LogP contribution in [0.5, 0.6) is 0 Å². The second-order valence-electron chi connectivity index (χ2n) is 6.69. The molecule has 120 valence electrons. The van der Waals surface area contributed by atoms with Crippen molar-refractivity contribution in [2.75, 3.05) is 0 Å². The minimum absolute atomic E-state index is 0.522. The van der Waals surface area contributed by atoms with E-state index in [0.29, 0.717) is 6.04 Å². The van der Waals surface area contributed by atoms with Gasteiger partial charge in [0.25, 0.3) is 0 Å². The van der Waals surface area contributed by atoms with E-state index < -0.39 is 0 Å². The van der Waals surface area contributed by atoms with E-state index in [1.807, 2.05) is 6.07 Å². The molecule has 1 aliphatic carbocycles. The summed E-state index contributed by atoms with van der Waals surface area (Å²) in [7, 11) is 0. The summed E-state index contributed by atoms with van der Waals surface area (Å²) in [6.07, 6.45) is 6.56.